The van der Waals surface area contributed by atoms with E-state index in [4.69, 9.17) is 4.74 Å². The highest BCUT2D eigenvalue weighted by atomic mass is 16.5. The molecule has 0 aromatic carbocycles. The van der Waals surface area contributed by atoms with Crippen LogP contribution in [-0.2, 0) is 4.74 Å². The lowest BCUT2D eigenvalue weighted by Gasteiger charge is -2.14. The molecule has 1 aliphatic heterocycles. The van der Waals surface area contributed by atoms with Crippen molar-refractivity contribution in [2.45, 2.75) is 40.2 Å². The SMILES string of the molecule is CC.CC1=NC(C)CCO1. The average molecular weight is 143 g/mol. The Labute approximate surface area is 63.3 Å². The summed E-state index contributed by atoms with van der Waals surface area (Å²) >= 11 is 0. The molecular weight excluding hydrogens is 126 g/mol. The van der Waals surface area contributed by atoms with Crippen LogP contribution in [0.15, 0.2) is 4.99 Å². The van der Waals surface area contributed by atoms with Gasteiger partial charge in [-0.3, -0.25) is 4.99 Å². The van der Waals surface area contributed by atoms with Crippen LogP contribution in [0.4, 0.5) is 0 Å². The van der Waals surface area contributed by atoms with E-state index in [2.05, 4.69) is 11.9 Å². The van der Waals surface area contributed by atoms with E-state index in [0.29, 0.717) is 6.04 Å². The van der Waals surface area contributed by atoms with E-state index in [1.54, 1.807) is 0 Å². The van der Waals surface area contributed by atoms with Gasteiger partial charge >= 0.3 is 0 Å². The molecule has 0 radical (unpaired) electrons. The number of ether oxygens (including phenoxy) is 1. The third-order valence-corrected chi connectivity index (χ3v) is 1.25. The van der Waals surface area contributed by atoms with E-state index in [1.807, 2.05) is 20.8 Å². The van der Waals surface area contributed by atoms with Crippen molar-refractivity contribution in [1.29, 1.82) is 0 Å². The quantitative estimate of drug-likeness (QED) is 0.509. The average Bonchev–Trinajstić information content (AvgIpc) is 1.91. The molecule has 1 rings (SSSR count). The highest BCUT2D eigenvalue weighted by molar-refractivity contribution is 5.73. The van der Waals surface area contributed by atoms with E-state index >= 15 is 0 Å². The standard InChI is InChI=1S/C6H11NO.C2H6/c1-5-3-4-8-6(2)7-5;1-2/h5H,3-4H2,1-2H3;1-2H3. The third-order valence-electron chi connectivity index (χ3n) is 1.25. The molecule has 1 unspecified atom stereocenters. The summed E-state index contributed by atoms with van der Waals surface area (Å²) in [6, 6.07) is 0.476. The van der Waals surface area contributed by atoms with Crippen molar-refractivity contribution in [3.05, 3.63) is 0 Å². The second kappa shape index (κ2) is 5.27. The minimum absolute atomic E-state index is 0.476. The van der Waals surface area contributed by atoms with Gasteiger partial charge in [-0.1, -0.05) is 13.8 Å². The predicted molar refractivity (Wildman–Crippen MR) is 44.5 cm³/mol. The number of rotatable bonds is 0. The third kappa shape index (κ3) is 3.49. The number of nitrogens with zero attached hydrogens (tertiary/aromatic N) is 1. The first-order chi connectivity index (χ1) is 4.79. The Bertz CT molecular complexity index is 110. The van der Waals surface area contributed by atoms with Crippen LogP contribution in [0.2, 0.25) is 0 Å². The van der Waals surface area contributed by atoms with Crippen LogP contribution in [0.25, 0.3) is 0 Å². The van der Waals surface area contributed by atoms with Gasteiger partial charge in [-0.25, -0.2) is 0 Å². The molecule has 0 fully saturated rings. The van der Waals surface area contributed by atoms with Crippen molar-refractivity contribution in [3.8, 4) is 0 Å². The van der Waals surface area contributed by atoms with Crippen molar-refractivity contribution in [2.75, 3.05) is 6.61 Å². The summed E-state index contributed by atoms with van der Waals surface area (Å²) < 4.78 is 5.10. The van der Waals surface area contributed by atoms with Crippen molar-refractivity contribution >= 4 is 5.90 Å². The molecule has 0 amide bonds. The van der Waals surface area contributed by atoms with E-state index in [1.165, 1.54) is 0 Å². The Balaban J connectivity index is 0.000000371. The molecule has 1 atom stereocenters. The maximum Gasteiger partial charge on any atom is 0.180 e. The lowest BCUT2D eigenvalue weighted by atomic mass is 10.2. The Morgan fingerprint density at radius 2 is 2.10 bits per heavy atom. The first-order valence-corrected chi connectivity index (χ1v) is 3.96. The fraction of sp³-hybridized carbons (Fsp3) is 0.875. The number of hydrogen-bond donors (Lipinski definition) is 0. The van der Waals surface area contributed by atoms with Crippen LogP contribution >= 0.6 is 0 Å². The first kappa shape index (κ1) is 9.47. The highest BCUT2D eigenvalue weighted by Gasteiger charge is 2.06. The summed E-state index contributed by atoms with van der Waals surface area (Å²) in [5.41, 5.74) is 0. The van der Waals surface area contributed by atoms with Crippen molar-refractivity contribution in [1.82, 2.24) is 0 Å². The van der Waals surface area contributed by atoms with Crippen LogP contribution in [0.3, 0.4) is 0 Å². The van der Waals surface area contributed by atoms with Crippen LogP contribution in [0, 0.1) is 0 Å². The summed E-state index contributed by atoms with van der Waals surface area (Å²) in [5, 5.41) is 0. The Hall–Kier alpha value is -0.530. The van der Waals surface area contributed by atoms with E-state index in [0.717, 1.165) is 18.9 Å². The second-order valence-corrected chi connectivity index (χ2v) is 2.13. The zero-order valence-corrected chi connectivity index (χ0v) is 7.35. The highest BCUT2D eigenvalue weighted by Crippen LogP contribution is 2.04. The molecule has 0 aromatic rings. The lowest BCUT2D eigenvalue weighted by molar-refractivity contribution is 0.262. The first-order valence-electron chi connectivity index (χ1n) is 3.96. The normalized spacial score (nSPS) is 23.6. The van der Waals surface area contributed by atoms with Gasteiger partial charge in [0.05, 0.1) is 12.6 Å². The van der Waals surface area contributed by atoms with Gasteiger partial charge in [0, 0.05) is 13.3 Å². The number of aliphatic imine (C=N–C) groups is 1. The maximum absolute atomic E-state index is 5.10. The molecule has 1 heterocycles. The Morgan fingerprint density at radius 3 is 2.40 bits per heavy atom. The van der Waals surface area contributed by atoms with Crippen molar-refractivity contribution in [3.63, 3.8) is 0 Å². The van der Waals surface area contributed by atoms with E-state index in [9.17, 15) is 0 Å². The fourth-order valence-corrected chi connectivity index (χ4v) is 0.789. The van der Waals surface area contributed by atoms with Gasteiger partial charge < -0.3 is 4.74 Å². The predicted octanol–water partition coefficient (Wildman–Crippen LogP) is 2.24. The van der Waals surface area contributed by atoms with Gasteiger partial charge in [-0.15, -0.1) is 0 Å². The number of hydrogen-bond acceptors (Lipinski definition) is 2. The molecular formula is C8H17NO. The molecule has 2 heteroatoms. The van der Waals surface area contributed by atoms with Gasteiger partial charge in [0.1, 0.15) is 0 Å². The van der Waals surface area contributed by atoms with Crippen LogP contribution in [0.1, 0.15) is 34.1 Å². The summed E-state index contributed by atoms with van der Waals surface area (Å²) in [5.74, 6) is 0.837. The molecule has 0 N–H and O–H groups in total. The van der Waals surface area contributed by atoms with Crippen LogP contribution in [0.5, 0.6) is 0 Å². The van der Waals surface area contributed by atoms with Gasteiger partial charge in [-0.2, -0.15) is 0 Å². The van der Waals surface area contributed by atoms with E-state index < -0.39 is 0 Å². The topological polar surface area (TPSA) is 21.6 Å². The summed E-state index contributed by atoms with van der Waals surface area (Å²) in [7, 11) is 0. The summed E-state index contributed by atoms with van der Waals surface area (Å²) in [6.07, 6.45) is 1.07. The molecule has 1 aliphatic rings. The van der Waals surface area contributed by atoms with Gasteiger partial charge in [0.25, 0.3) is 0 Å². The minimum atomic E-state index is 0.476. The van der Waals surface area contributed by atoms with Crippen molar-refractivity contribution < 1.29 is 4.74 Å². The van der Waals surface area contributed by atoms with Gasteiger partial charge in [-0.05, 0) is 6.92 Å². The summed E-state index contributed by atoms with van der Waals surface area (Å²) in [4.78, 5) is 4.18. The van der Waals surface area contributed by atoms with Crippen LogP contribution in [-0.4, -0.2) is 18.5 Å². The molecule has 10 heavy (non-hydrogen) atoms. The van der Waals surface area contributed by atoms with E-state index in [-0.39, 0.29) is 0 Å². The second-order valence-electron chi connectivity index (χ2n) is 2.13. The monoisotopic (exact) mass is 143 g/mol. The van der Waals surface area contributed by atoms with Gasteiger partial charge in [0.15, 0.2) is 5.90 Å². The molecule has 0 aromatic heterocycles. The molecule has 0 spiro atoms. The van der Waals surface area contributed by atoms with Crippen molar-refractivity contribution in [2.24, 2.45) is 4.99 Å². The largest absolute Gasteiger partial charge is 0.481 e. The molecule has 0 saturated heterocycles. The molecule has 0 aliphatic carbocycles. The Morgan fingerprint density at radius 1 is 1.50 bits per heavy atom. The zero-order valence-electron chi connectivity index (χ0n) is 7.35. The fourth-order valence-electron chi connectivity index (χ4n) is 0.789. The smallest absolute Gasteiger partial charge is 0.180 e. The minimum Gasteiger partial charge on any atom is -0.481 e. The summed E-state index contributed by atoms with van der Waals surface area (Å²) in [6.45, 7) is 8.85. The zero-order chi connectivity index (χ0) is 7.98. The lowest BCUT2D eigenvalue weighted by Crippen LogP contribution is -2.16. The molecule has 0 bridgehead atoms. The molecule has 0 saturated carbocycles. The van der Waals surface area contributed by atoms with Crippen LogP contribution < -0.4 is 0 Å². The molecule has 2 nitrogen and oxygen atoms in total. The van der Waals surface area contributed by atoms with Gasteiger partial charge in [0.2, 0.25) is 0 Å². The molecule has 60 valence electrons. The Kier molecular flexibility index (Phi) is 4.99. The maximum atomic E-state index is 5.10.